The largest absolute Gasteiger partial charge is 0.494 e. The van der Waals surface area contributed by atoms with Gasteiger partial charge in [0.05, 0.1) is 18.3 Å². The summed E-state index contributed by atoms with van der Waals surface area (Å²) in [5.74, 6) is 0.611. The zero-order valence-corrected chi connectivity index (χ0v) is 17.5. The van der Waals surface area contributed by atoms with Gasteiger partial charge in [-0.15, -0.1) is 0 Å². The second-order valence-corrected chi connectivity index (χ2v) is 6.99. The van der Waals surface area contributed by atoms with E-state index in [0.29, 0.717) is 12.2 Å². The first-order chi connectivity index (χ1) is 14.5. The topological polar surface area (TPSA) is 77.3 Å². The molecular formula is C23H26N4O3. The molecule has 1 aromatic heterocycles. The molecule has 0 N–H and O–H groups in total. The molecule has 3 rings (SSSR count). The lowest BCUT2D eigenvalue weighted by Gasteiger charge is -2.25. The molecule has 0 saturated carbocycles. The van der Waals surface area contributed by atoms with Crippen LogP contribution in [0.15, 0.2) is 61.2 Å². The highest BCUT2D eigenvalue weighted by atomic mass is 16.5. The van der Waals surface area contributed by atoms with Crippen LogP contribution in [0.2, 0.25) is 0 Å². The summed E-state index contributed by atoms with van der Waals surface area (Å²) in [5, 5.41) is 4.11. The van der Waals surface area contributed by atoms with Crippen molar-refractivity contribution in [3.05, 3.63) is 72.3 Å². The maximum atomic E-state index is 12.6. The van der Waals surface area contributed by atoms with Crippen molar-refractivity contribution in [2.24, 2.45) is 0 Å². The fourth-order valence-corrected chi connectivity index (χ4v) is 3.13. The summed E-state index contributed by atoms with van der Waals surface area (Å²) in [5.41, 5.74) is 2.50. The first-order valence-corrected chi connectivity index (χ1v) is 9.96. The third-order valence-corrected chi connectivity index (χ3v) is 5.09. The Balaban J connectivity index is 1.55. The van der Waals surface area contributed by atoms with Gasteiger partial charge in [0.1, 0.15) is 18.4 Å². The van der Waals surface area contributed by atoms with E-state index in [9.17, 15) is 9.59 Å². The van der Waals surface area contributed by atoms with Crippen LogP contribution in [0, 0.1) is 0 Å². The quantitative estimate of drug-likeness (QED) is 0.505. The zero-order valence-electron chi connectivity index (χ0n) is 17.5. The lowest BCUT2D eigenvalue weighted by Crippen LogP contribution is -2.29. The fraction of sp³-hybridized carbons (Fsp3) is 0.304. The lowest BCUT2D eigenvalue weighted by molar-refractivity contribution is -0.131. The van der Waals surface area contributed by atoms with Crippen LogP contribution >= 0.6 is 0 Å². The number of rotatable bonds is 9. The van der Waals surface area contributed by atoms with E-state index in [1.165, 1.54) is 6.33 Å². The Labute approximate surface area is 176 Å². The van der Waals surface area contributed by atoms with Gasteiger partial charge in [0.25, 0.3) is 0 Å². The number of carbonyl (C=O) groups is 2. The number of Topliss-reactive ketones (excluding diaryl/α,β-unsaturated/α-hetero) is 1. The average molecular weight is 406 g/mol. The van der Waals surface area contributed by atoms with Crippen LogP contribution < -0.4 is 4.74 Å². The van der Waals surface area contributed by atoms with Gasteiger partial charge in [0.2, 0.25) is 5.91 Å². The van der Waals surface area contributed by atoms with Crippen molar-refractivity contribution in [3.63, 3.8) is 0 Å². The average Bonchev–Trinajstić information content (AvgIpc) is 3.32. The minimum Gasteiger partial charge on any atom is -0.494 e. The summed E-state index contributed by atoms with van der Waals surface area (Å²) in [6, 6.07) is 14.7. The standard InChI is InChI=1S/C23H26N4O3/c1-4-30-21-11-7-19(8-12-21)22(28)13-14-23(29)26(3)17(2)18-5-9-20(10-6-18)27-16-24-15-25-27/h5-12,15-17H,4,13-14H2,1-3H3/t17-/m0/s1. The number of carbonyl (C=O) groups excluding carboxylic acids is 2. The highest BCUT2D eigenvalue weighted by molar-refractivity contribution is 5.98. The molecule has 0 aliphatic carbocycles. The summed E-state index contributed by atoms with van der Waals surface area (Å²) in [4.78, 5) is 30.6. The molecule has 0 saturated heterocycles. The number of nitrogens with zero attached hydrogens (tertiary/aromatic N) is 4. The summed E-state index contributed by atoms with van der Waals surface area (Å²) < 4.78 is 7.06. The van der Waals surface area contributed by atoms with Gasteiger partial charge in [0.15, 0.2) is 5.78 Å². The maximum absolute atomic E-state index is 12.6. The SMILES string of the molecule is CCOc1ccc(C(=O)CCC(=O)N(C)[C@@H](C)c2ccc(-n3cncn3)cc2)cc1. The van der Waals surface area contributed by atoms with Gasteiger partial charge >= 0.3 is 0 Å². The number of benzene rings is 2. The summed E-state index contributed by atoms with van der Waals surface area (Å²) >= 11 is 0. The van der Waals surface area contributed by atoms with Gasteiger partial charge in [-0.1, -0.05) is 12.1 Å². The Kier molecular flexibility index (Phi) is 6.95. The Morgan fingerprint density at radius 2 is 1.77 bits per heavy atom. The molecular weight excluding hydrogens is 380 g/mol. The van der Waals surface area contributed by atoms with E-state index in [2.05, 4.69) is 10.1 Å². The van der Waals surface area contributed by atoms with Gasteiger partial charge in [-0.2, -0.15) is 5.10 Å². The van der Waals surface area contributed by atoms with Crippen molar-refractivity contribution in [2.45, 2.75) is 32.7 Å². The Morgan fingerprint density at radius 1 is 1.07 bits per heavy atom. The minimum absolute atomic E-state index is 0.0513. The Hall–Kier alpha value is -3.48. The highest BCUT2D eigenvalue weighted by Gasteiger charge is 2.19. The lowest BCUT2D eigenvalue weighted by atomic mass is 10.0. The molecule has 0 radical (unpaired) electrons. The van der Waals surface area contributed by atoms with Gasteiger partial charge in [-0.3, -0.25) is 9.59 Å². The van der Waals surface area contributed by atoms with Crippen LogP contribution in [-0.2, 0) is 4.79 Å². The summed E-state index contributed by atoms with van der Waals surface area (Å²) in [6.07, 6.45) is 3.46. The number of amides is 1. The molecule has 30 heavy (non-hydrogen) atoms. The highest BCUT2D eigenvalue weighted by Crippen LogP contribution is 2.22. The molecule has 156 valence electrons. The second-order valence-electron chi connectivity index (χ2n) is 6.99. The van der Waals surface area contributed by atoms with Crippen molar-refractivity contribution in [1.29, 1.82) is 0 Å². The van der Waals surface area contributed by atoms with Crippen molar-refractivity contribution >= 4 is 11.7 Å². The Morgan fingerprint density at radius 3 is 2.37 bits per heavy atom. The molecule has 7 heteroatoms. The van der Waals surface area contributed by atoms with Crippen LogP contribution in [0.25, 0.3) is 5.69 Å². The number of ether oxygens (including phenoxy) is 1. The molecule has 0 unspecified atom stereocenters. The van der Waals surface area contributed by atoms with Crippen molar-refractivity contribution in [1.82, 2.24) is 19.7 Å². The van der Waals surface area contributed by atoms with Crippen LogP contribution in [-0.4, -0.2) is 45.0 Å². The first-order valence-electron chi connectivity index (χ1n) is 9.96. The molecule has 2 aromatic carbocycles. The van der Waals surface area contributed by atoms with Gasteiger partial charge in [-0.25, -0.2) is 9.67 Å². The molecule has 3 aromatic rings. The van der Waals surface area contributed by atoms with Gasteiger partial charge in [0, 0.05) is 25.5 Å². The van der Waals surface area contributed by atoms with Crippen molar-refractivity contribution in [2.75, 3.05) is 13.7 Å². The smallest absolute Gasteiger partial charge is 0.223 e. The minimum atomic E-state index is -0.108. The molecule has 0 aliphatic heterocycles. The van der Waals surface area contributed by atoms with Crippen LogP contribution in [0.5, 0.6) is 5.75 Å². The molecule has 7 nitrogen and oxygen atoms in total. The number of ketones is 1. The molecule has 1 heterocycles. The van der Waals surface area contributed by atoms with E-state index in [-0.39, 0.29) is 30.6 Å². The predicted molar refractivity (Wildman–Crippen MR) is 114 cm³/mol. The van der Waals surface area contributed by atoms with E-state index in [4.69, 9.17) is 4.74 Å². The molecule has 1 atom stereocenters. The van der Waals surface area contributed by atoms with E-state index in [1.54, 1.807) is 47.2 Å². The zero-order chi connectivity index (χ0) is 21.5. The number of hydrogen-bond acceptors (Lipinski definition) is 5. The fourth-order valence-electron chi connectivity index (χ4n) is 3.13. The van der Waals surface area contributed by atoms with E-state index in [0.717, 1.165) is 17.0 Å². The molecule has 0 aliphatic rings. The van der Waals surface area contributed by atoms with Crippen molar-refractivity contribution < 1.29 is 14.3 Å². The molecule has 0 fully saturated rings. The third kappa shape index (κ3) is 5.11. The normalized spacial score (nSPS) is 11.7. The Bertz CT molecular complexity index is 967. The summed E-state index contributed by atoms with van der Waals surface area (Å²) in [6.45, 7) is 4.46. The summed E-state index contributed by atoms with van der Waals surface area (Å²) in [7, 11) is 1.76. The van der Waals surface area contributed by atoms with Crippen molar-refractivity contribution in [3.8, 4) is 11.4 Å². The monoisotopic (exact) mass is 406 g/mol. The first kappa shape index (κ1) is 21.2. The van der Waals surface area contributed by atoms with Gasteiger partial charge < -0.3 is 9.64 Å². The van der Waals surface area contributed by atoms with E-state index >= 15 is 0 Å². The number of aromatic nitrogens is 3. The van der Waals surface area contributed by atoms with E-state index < -0.39 is 0 Å². The van der Waals surface area contributed by atoms with Crippen LogP contribution in [0.4, 0.5) is 0 Å². The van der Waals surface area contributed by atoms with Crippen LogP contribution in [0.1, 0.15) is 48.7 Å². The van der Waals surface area contributed by atoms with Crippen LogP contribution in [0.3, 0.4) is 0 Å². The molecule has 0 spiro atoms. The molecule has 0 bridgehead atoms. The molecule has 1 amide bonds. The third-order valence-electron chi connectivity index (χ3n) is 5.09. The van der Waals surface area contributed by atoms with Gasteiger partial charge in [-0.05, 0) is 55.8 Å². The van der Waals surface area contributed by atoms with E-state index in [1.807, 2.05) is 38.1 Å². The maximum Gasteiger partial charge on any atom is 0.223 e. The second kappa shape index (κ2) is 9.82. The number of hydrogen-bond donors (Lipinski definition) is 0. The predicted octanol–water partition coefficient (Wildman–Crippen LogP) is 3.85.